The van der Waals surface area contributed by atoms with Crippen LogP contribution in [0.3, 0.4) is 0 Å². The molecule has 10 nitrogen and oxygen atoms in total. The van der Waals surface area contributed by atoms with E-state index in [1.165, 1.54) is 30.8 Å². The fourth-order valence-corrected chi connectivity index (χ4v) is 3.79. The smallest absolute Gasteiger partial charge is 0.375 e. The number of ether oxygens (including phenoxy) is 1. The number of fused-ring (bicyclic) bond motifs is 1. The molecule has 0 saturated carbocycles. The van der Waals surface area contributed by atoms with E-state index in [0.717, 1.165) is 16.7 Å². The molecule has 1 unspecified atom stereocenters. The third-order valence-electron chi connectivity index (χ3n) is 5.60. The van der Waals surface area contributed by atoms with Crippen LogP contribution in [-0.4, -0.2) is 46.3 Å². The standard InChI is InChI=1S/C22H23F3N6O4/c1-30-19-18(20(33)31(2)21(30)34)15(9-14(29-19)16-10-26-6-7-35-16)27-11-17(32)28-13-5-3-4-12(8-13)22(23,24)25/h3-5,8-9,16,26H,6-7,10-11H2,1-2H3,(H,27,29)(H,28,32). The number of carbonyl (C=O) groups is 1. The normalized spacial score (nSPS) is 16.3. The predicted molar refractivity (Wildman–Crippen MR) is 122 cm³/mol. The molecule has 0 radical (unpaired) electrons. The number of nitrogens with zero attached hydrogens (tertiary/aromatic N) is 3. The van der Waals surface area contributed by atoms with Crippen molar-refractivity contribution in [1.29, 1.82) is 0 Å². The first-order valence-corrected chi connectivity index (χ1v) is 10.7. The number of halogens is 3. The van der Waals surface area contributed by atoms with Gasteiger partial charge in [0.1, 0.15) is 11.5 Å². The van der Waals surface area contributed by atoms with Crippen molar-refractivity contribution in [1.82, 2.24) is 19.4 Å². The maximum Gasteiger partial charge on any atom is 0.416 e. The summed E-state index contributed by atoms with van der Waals surface area (Å²) < 4.78 is 46.7. The molecular formula is C22H23F3N6O4. The van der Waals surface area contributed by atoms with Crippen LogP contribution < -0.4 is 27.2 Å². The van der Waals surface area contributed by atoms with E-state index in [2.05, 4.69) is 20.9 Å². The average Bonchev–Trinajstić information content (AvgIpc) is 2.84. The maximum absolute atomic E-state index is 12.9. The molecule has 1 aromatic carbocycles. The van der Waals surface area contributed by atoms with E-state index in [1.54, 1.807) is 6.07 Å². The number of aromatic nitrogens is 3. The molecule has 1 aliphatic heterocycles. The lowest BCUT2D eigenvalue weighted by atomic mass is 10.1. The Morgan fingerprint density at radius 2 is 2.00 bits per heavy atom. The third kappa shape index (κ3) is 5.05. The molecule has 1 fully saturated rings. The lowest BCUT2D eigenvalue weighted by molar-refractivity contribution is -0.137. The second-order valence-corrected chi connectivity index (χ2v) is 8.04. The monoisotopic (exact) mass is 492 g/mol. The van der Waals surface area contributed by atoms with Gasteiger partial charge in [-0.2, -0.15) is 13.2 Å². The number of hydrogen-bond donors (Lipinski definition) is 3. The first-order chi connectivity index (χ1) is 16.6. The summed E-state index contributed by atoms with van der Waals surface area (Å²) in [6.07, 6.45) is -4.98. The predicted octanol–water partition coefficient (Wildman–Crippen LogP) is 1.36. The number of aryl methyl sites for hydroxylation is 1. The summed E-state index contributed by atoms with van der Waals surface area (Å²) in [6.45, 7) is 1.23. The fraction of sp³-hybridized carbons (Fsp3) is 0.364. The van der Waals surface area contributed by atoms with Gasteiger partial charge in [0.05, 0.1) is 30.1 Å². The number of benzene rings is 1. The quantitative estimate of drug-likeness (QED) is 0.492. The molecule has 3 N–H and O–H groups in total. The zero-order chi connectivity index (χ0) is 25.3. The van der Waals surface area contributed by atoms with E-state index in [1.807, 2.05) is 0 Å². The number of carbonyl (C=O) groups excluding carboxylic acids is 1. The van der Waals surface area contributed by atoms with Crippen molar-refractivity contribution in [2.24, 2.45) is 14.1 Å². The number of hydrogen-bond acceptors (Lipinski definition) is 7. The van der Waals surface area contributed by atoms with Gasteiger partial charge < -0.3 is 20.7 Å². The van der Waals surface area contributed by atoms with Crippen LogP contribution in [0, 0.1) is 0 Å². The molecule has 13 heteroatoms. The zero-order valence-electron chi connectivity index (χ0n) is 18.9. The van der Waals surface area contributed by atoms with E-state index < -0.39 is 35.0 Å². The molecule has 1 amide bonds. The van der Waals surface area contributed by atoms with Crippen LogP contribution in [0.4, 0.5) is 24.5 Å². The Morgan fingerprint density at radius 1 is 1.23 bits per heavy atom. The van der Waals surface area contributed by atoms with Gasteiger partial charge in [0, 0.05) is 32.9 Å². The molecule has 1 saturated heterocycles. The molecule has 35 heavy (non-hydrogen) atoms. The van der Waals surface area contributed by atoms with Crippen LogP contribution >= 0.6 is 0 Å². The van der Waals surface area contributed by atoms with Crippen LogP contribution in [0.25, 0.3) is 11.0 Å². The largest absolute Gasteiger partial charge is 0.416 e. The molecule has 0 spiro atoms. The lowest BCUT2D eigenvalue weighted by Crippen LogP contribution is -2.38. The Bertz CT molecular complexity index is 1390. The molecule has 0 bridgehead atoms. The Kier molecular flexibility index (Phi) is 6.63. The summed E-state index contributed by atoms with van der Waals surface area (Å²) in [5, 5.41) is 8.54. The fourth-order valence-electron chi connectivity index (χ4n) is 3.79. The Morgan fingerprint density at radius 3 is 2.69 bits per heavy atom. The topological polar surface area (TPSA) is 119 Å². The average molecular weight is 492 g/mol. The Hall–Kier alpha value is -3.71. The van der Waals surface area contributed by atoms with E-state index in [4.69, 9.17) is 4.74 Å². The van der Waals surface area contributed by atoms with Crippen molar-refractivity contribution >= 4 is 28.3 Å². The minimum Gasteiger partial charge on any atom is -0.375 e. The minimum absolute atomic E-state index is 0.0214. The van der Waals surface area contributed by atoms with Crippen molar-refractivity contribution in [2.75, 3.05) is 36.9 Å². The highest BCUT2D eigenvalue weighted by Crippen LogP contribution is 2.30. The van der Waals surface area contributed by atoms with Gasteiger partial charge in [-0.1, -0.05) is 6.07 Å². The van der Waals surface area contributed by atoms with Gasteiger partial charge in [-0.25, -0.2) is 9.78 Å². The second-order valence-electron chi connectivity index (χ2n) is 8.04. The van der Waals surface area contributed by atoms with Crippen LogP contribution in [0.5, 0.6) is 0 Å². The number of nitrogens with one attached hydrogen (secondary N) is 3. The van der Waals surface area contributed by atoms with E-state index >= 15 is 0 Å². The molecule has 3 aromatic rings. The Labute approximate surface area is 196 Å². The second kappa shape index (κ2) is 9.50. The van der Waals surface area contributed by atoms with Gasteiger partial charge in [0.15, 0.2) is 5.65 Å². The Balaban J connectivity index is 1.65. The summed E-state index contributed by atoms with van der Waals surface area (Å²) in [5.74, 6) is -0.631. The maximum atomic E-state index is 12.9. The number of pyridine rings is 1. The SMILES string of the molecule is Cn1c(=O)c2c(NCC(=O)Nc3cccc(C(F)(F)F)c3)cc(C3CNCCO3)nc2n(C)c1=O. The summed E-state index contributed by atoms with van der Waals surface area (Å²) in [5.41, 5.74) is -1.27. The molecule has 3 heterocycles. The summed E-state index contributed by atoms with van der Waals surface area (Å²) in [6, 6.07) is 5.84. The number of alkyl halides is 3. The number of rotatable bonds is 5. The number of amides is 1. The molecule has 1 aliphatic rings. The van der Waals surface area contributed by atoms with Crippen molar-refractivity contribution < 1.29 is 22.7 Å². The van der Waals surface area contributed by atoms with Gasteiger partial charge >= 0.3 is 11.9 Å². The molecule has 2 aromatic heterocycles. The van der Waals surface area contributed by atoms with Gasteiger partial charge in [-0.05, 0) is 24.3 Å². The van der Waals surface area contributed by atoms with Crippen molar-refractivity contribution in [3.63, 3.8) is 0 Å². The van der Waals surface area contributed by atoms with Crippen LogP contribution in [0.1, 0.15) is 17.4 Å². The number of anilines is 2. The van der Waals surface area contributed by atoms with Crippen molar-refractivity contribution in [3.8, 4) is 0 Å². The molecule has 1 atom stereocenters. The molecule has 4 rings (SSSR count). The summed E-state index contributed by atoms with van der Waals surface area (Å²) >= 11 is 0. The first kappa shape index (κ1) is 24.4. The van der Waals surface area contributed by atoms with E-state index in [-0.39, 0.29) is 29.0 Å². The summed E-state index contributed by atoms with van der Waals surface area (Å²) in [7, 11) is 2.81. The third-order valence-corrected chi connectivity index (χ3v) is 5.60. The van der Waals surface area contributed by atoms with E-state index in [9.17, 15) is 27.6 Å². The van der Waals surface area contributed by atoms with Crippen molar-refractivity contribution in [2.45, 2.75) is 12.3 Å². The molecule has 186 valence electrons. The minimum atomic E-state index is -4.54. The highest BCUT2D eigenvalue weighted by molar-refractivity contribution is 5.96. The van der Waals surface area contributed by atoms with Gasteiger partial charge in [-0.15, -0.1) is 0 Å². The van der Waals surface area contributed by atoms with Gasteiger partial charge in [0.25, 0.3) is 5.56 Å². The molecular weight excluding hydrogens is 469 g/mol. The van der Waals surface area contributed by atoms with Gasteiger partial charge in [0.2, 0.25) is 5.91 Å². The van der Waals surface area contributed by atoms with E-state index in [0.29, 0.717) is 25.4 Å². The van der Waals surface area contributed by atoms with Crippen LogP contribution in [-0.2, 0) is 29.8 Å². The van der Waals surface area contributed by atoms with Crippen LogP contribution in [0.15, 0.2) is 39.9 Å². The van der Waals surface area contributed by atoms with Crippen LogP contribution in [0.2, 0.25) is 0 Å². The number of morpholine rings is 1. The molecule has 0 aliphatic carbocycles. The highest BCUT2D eigenvalue weighted by Gasteiger charge is 2.30. The highest BCUT2D eigenvalue weighted by atomic mass is 19.4. The van der Waals surface area contributed by atoms with Crippen molar-refractivity contribution in [3.05, 3.63) is 62.4 Å². The lowest BCUT2D eigenvalue weighted by Gasteiger charge is -2.24. The first-order valence-electron chi connectivity index (χ1n) is 10.7. The summed E-state index contributed by atoms with van der Waals surface area (Å²) in [4.78, 5) is 42.3. The van der Waals surface area contributed by atoms with Gasteiger partial charge in [-0.3, -0.25) is 18.7 Å². The zero-order valence-corrected chi connectivity index (χ0v) is 18.9.